The molecule has 2 aromatic rings. The van der Waals surface area contributed by atoms with Crippen molar-refractivity contribution in [2.45, 2.75) is 12.3 Å². The standard InChI is InChI=1S/C15H17N5O/c21-15(18-14-5-3-8-17-19-14)11-20-9-6-12(10-20)13-4-1-2-7-16-13/h1-5,7-8,12H,6,9-11H2,(H,18,19,21). The third-order valence-corrected chi connectivity index (χ3v) is 3.59. The lowest BCUT2D eigenvalue weighted by atomic mass is 10.0. The highest BCUT2D eigenvalue weighted by molar-refractivity contribution is 5.91. The Kier molecular flexibility index (Phi) is 4.16. The summed E-state index contributed by atoms with van der Waals surface area (Å²) < 4.78 is 0. The van der Waals surface area contributed by atoms with E-state index in [0.717, 1.165) is 25.2 Å². The third-order valence-electron chi connectivity index (χ3n) is 3.59. The second kappa shape index (κ2) is 6.41. The van der Waals surface area contributed by atoms with E-state index in [2.05, 4.69) is 25.4 Å². The minimum Gasteiger partial charge on any atom is -0.308 e. The number of amides is 1. The van der Waals surface area contributed by atoms with Crippen molar-refractivity contribution in [1.82, 2.24) is 20.1 Å². The molecule has 0 radical (unpaired) electrons. The van der Waals surface area contributed by atoms with Crippen LogP contribution in [-0.4, -0.2) is 45.6 Å². The second-order valence-corrected chi connectivity index (χ2v) is 5.13. The van der Waals surface area contributed by atoms with Gasteiger partial charge >= 0.3 is 0 Å². The quantitative estimate of drug-likeness (QED) is 0.915. The molecule has 1 N–H and O–H groups in total. The van der Waals surface area contributed by atoms with Crippen LogP contribution in [-0.2, 0) is 4.79 Å². The van der Waals surface area contributed by atoms with E-state index in [0.29, 0.717) is 18.3 Å². The van der Waals surface area contributed by atoms with E-state index in [4.69, 9.17) is 0 Å². The van der Waals surface area contributed by atoms with E-state index >= 15 is 0 Å². The van der Waals surface area contributed by atoms with Crippen molar-refractivity contribution in [2.75, 3.05) is 25.0 Å². The van der Waals surface area contributed by atoms with Gasteiger partial charge in [-0.2, -0.15) is 5.10 Å². The monoisotopic (exact) mass is 283 g/mol. The normalized spacial score (nSPS) is 18.6. The Balaban J connectivity index is 1.52. The number of hydrogen-bond acceptors (Lipinski definition) is 5. The first-order valence-corrected chi connectivity index (χ1v) is 7.02. The number of carbonyl (C=O) groups excluding carboxylic acids is 1. The molecule has 0 aromatic carbocycles. The molecule has 1 atom stereocenters. The molecule has 3 rings (SSSR count). The Morgan fingerprint density at radius 1 is 1.29 bits per heavy atom. The van der Waals surface area contributed by atoms with Crippen LogP contribution in [0.1, 0.15) is 18.0 Å². The summed E-state index contributed by atoms with van der Waals surface area (Å²) in [6.07, 6.45) is 4.43. The predicted octanol–water partition coefficient (Wildman–Crippen LogP) is 1.30. The number of likely N-dealkylation sites (tertiary alicyclic amines) is 1. The topological polar surface area (TPSA) is 71.0 Å². The maximum Gasteiger partial charge on any atom is 0.239 e. The minimum atomic E-state index is -0.0582. The molecule has 1 fully saturated rings. The third kappa shape index (κ3) is 3.61. The van der Waals surface area contributed by atoms with Gasteiger partial charge in [-0.3, -0.25) is 14.7 Å². The number of hydrogen-bond donors (Lipinski definition) is 1. The fourth-order valence-corrected chi connectivity index (χ4v) is 2.59. The van der Waals surface area contributed by atoms with E-state index < -0.39 is 0 Å². The number of carbonyl (C=O) groups is 1. The first kappa shape index (κ1) is 13.6. The van der Waals surface area contributed by atoms with Crippen molar-refractivity contribution < 1.29 is 4.79 Å². The molecule has 21 heavy (non-hydrogen) atoms. The maximum absolute atomic E-state index is 12.0. The van der Waals surface area contributed by atoms with Gasteiger partial charge in [-0.15, -0.1) is 5.10 Å². The van der Waals surface area contributed by atoms with Crippen molar-refractivity contribution >= 4 is 11.7 Å². The molecule has 0 saturated carbocycles. The van der Waals surface area contributed by atoms with Crippen LogP contribution < -0.4 is 5.32 Å². The summed E-state index contributed by atoms with van der Waals surface area (Å²) in [5.41, 5.74) is 1.11. The average Bonchev–Trinajstić information content (AvgIpc) is 2.97. The van der Waals surface area contributed by atoms with Crippen LogP contribution in [0, 0.1) is 0 Å². The summed E-state index contributed by atoms with van der Waals surface area (Å²) in [4.78, 5) is 18.5. The predicted molar refractivity (Wildman–Crippen MR) is 78.7 cm³/mol. The highest BCUT2D eigenvalue weighted by atomic mass is 16.2. The van der Waals surface area contributed by atoms with Crippen molar-refractivity contribution in [2.24, 2.45) is 0 Å². The molecule has 6 heteroatoms. The van der Waals surface area contributed by atoms with Crippen LogP contribution >= 0.6 is 0 Å². The molecule has 2 aromatic heterocycles. The van der Waals surface area contributed by atoms with Gasteiger partial charge in [0.2, 0.25) is 5.91 Å². The average molecular weight is 283 g/mol. The minimum absolute atomic E-state index is 0.0582. The zero-order chi connectivity index (χ0) is 14.5. The lowest BCUT2D eigenvalue weighted by Gasteiger charge is -2.15. The molecule has 1 aliphatic heterocycles. The van der Waals surface area contributed by atoms with Gasteiger partial charge in [-0.25, -0.2) is 0 Å². The number of aromatic nitrogens is 3. The van der Waals surface area contributed by atoms with E-state index in [1.54, 1.807) is 18.3 Å². The fraction of sp³-hybridized carbons (Fsp3) is 0.333. The lowest BCUT2D eigenvalue weighted by molar-refractivity contribution is -0.117. The molecule has 3 heterocycles. The van der Waals surface area contributed by atoms with E-state index in [1.165, 1.54) is 0 Å². The Morgan fingerprint density at radius 3 is 3.00 bits per heavy atom. The van der Waals surface area contributed by atoms with Crippen molar-refractivity contribution in [3.05, 3.63) is 48.4 Å². The van der Waals surface area contributed by atoms with Crippen molar-refractivity contribution in [3.8, 4) is 0 Å². The van der Waals surface area contributed by atoms with Gasteiger partial charge < -0.3 is 5.32 Å². The summed E-state index contributed by atoms with van der Waals surface area (Å²) >= 11 is 0. The van der Waals surface area contributed by atoms with Crippen LogP contribution in [0.5, 0.6) is 0 Å². The smallest absolute Gasteiger partial charge is 0.239 e. The van der Waals surface area contributed by atoms with E-state index in [1.807, 2.05) is 24.4 Å². The number of anilines is 1. The summed E-state index contributed by atoms with van der Waals surface area (Å²) in [6, 6.07) is 9.45. The number of nitrogens with one attached hydrogen (secondary N) is 1. The number of nitrogens with zero attached hydrogens (tertiary/aromatic N) is 4. The molecule has 1 amide bonds. The van der Waals surface area contributed by atoms with Gasteiger partial charge in [-0.1, -0.05) is 6.07 Å². The van der Waals surface area contributed by atoms with Gasteiger partial charge in [0.25, 0.3) is 0 Å². The Labute approximate surface area is 123 Å². The fourth-order valence-electron chi connectivity index (χ4n) is 2.59. The van der Waals surface area contributed by atoms with Crippen LogP contribution in [0.3, 0.4) is 0 Å². The van der Waals surface area contributed by atoms with Crippen molar-refractivity contribution in [1.29, 1.82) is 0 Å². The molecule has 1 saturated heterocycles. The molecular formula is C15H17N5O. The summed E-state index contributed by atoms with van der Waals surface area (Å²) in [7, 11) is 0. The molecule has 6 nitrogen and oxygen atoms in total. The van der Waals surface area contributed by atoms with Crippen LogP contribution in [0.2, 0.25) is 0 Å². The lowest BCUT2D eigenvalue weighted by Crippen LogP contribution is -2.31. The van der Waals surface area contributed by atoms with Crippen LogP contribution in [0.25, 0.3) is 0 Å². The second-order valence-electron chi connectivity index (χ2n) is 5.13. The number of pyridine rings is 1. The molecule has 1 unspecified atom stereocenters. The zero-order valence-electron chi connectivity index (χ0n) is 11.6. The summed E-state index contributed by atoms with van der Waals surface area (Å²) in [6.45, 7) is 2.15. The molecule has 0 spiro atoms. The van der Waals surface area contributed by atoms with Crippen LogP contribution in [0.15, 0.2) is 42.7 Å². The first-order valence-electron chi connectivity index (χ1n) is 7.02. The first-order chi connectivity index (χ1) is 10.3. The van der Waals surface area contributed by atoms with Gasteiger partial charge in [0.1, 0.15) is 0 Å². The van der Waals surface area contributed by atoms with Gasteiger partial charge in [0.15, 0.2) is 5.82 Å². The Hall–Kier alpha value is -2.34. The van der Waals surface area contributed by atoms with Gasteiger partial charge in [-0.05, 0) is 37.2 Å². The van der Waals surface area contributed by atoms with E-state index in [9.17, 15) is 4.79 Å². The zero-order valence-corrected chi connectivity index (χ0v) is 11.6. The highest BCUT2D eigenvalue weighted by Gasteiger charge is 2.25. The van der Waals surface area contributed by atoms with Crippen LogP contribution in [0.4, 0.5) is 5.82 Å². The SMILES string of the molecule is O=C(CN1CCC(c2ccccn2)C1)Nc1cccnn1. The number of rotatable bonds is 4. The van der Waals surface area contributed by atoms with Crippen molar-refractivity contribution in [3.63, 3.8) is 0 Å². The molecule has 0 bridgehead atoms. The molecular weight excluding hydrogens is 266 g/mol. The molecule has 0 aliphatic carbocycles. The highest BCUT2D eigenvalue weighted by Crippen LogP contribution is 2.25. The molecule has 108 valence electrons. The molecule has 1 aliphatic rings. The summed E-state index contributed by atoms with van der Waals surface area (Å²) in [5, 5.41) is 10.3. The maximum atomic E-state index is 12.0. The van der Waals surface area contributed by atoms with E-state index in [-0.39, 0.29) is 5.91 Å². The Bertz CT molecular complexity index is 590. The Morgan fingerprint density at radius 2 is 2.24 bits per heavy atom. The van der Waals surface area contributed by atoms with Gasteiger partial charge in [0, 0.05) is 30.6 Å². The van der Waals surface area contributed by atoms with Gasteiger partial charge in [0.05, 0.1) is 6.54 Å². The largest absolute Gasteiger partial charge is 0.308 e. The summed E-state index contributed by atoms with van der Waals surface area (Å²) in [5.74, 6) is 0.843.